The van der Waals surface area contributed by atoms with Crippen molar-refractivity contribution >= 4 is 8.32 Å². The van der Waals surface area contributed by atoms with Crippen LogP contribution in [0.25, 0.3) is 10.4 Å². The highest BCUT2D eigenvalue weighted by Crippen LogP contribution is 2.46. The zero-order valence-electron chi connectivity index (χ0n) is 19.9. The summed E-state index contributed by atoms with van der Waals surface area (Å²) in [7, 11) is -0.678. The molecule has 1 fully saturated rings. The molecule has 0 spiro atoms. The topological polar surface area (TPSA) is 106 Å². The van der Waals surface area contributed by atoms with Gasteiger partial charge in [-0.2, -0.15) is 0 Å². The SMILES string of the molecule is COc1ccc(CO[C@@H]2[C@H](O)[C@H](C)O[C@H](O[Si](C)(C)C(C)(C)C(C)C)[C@H]2N=[N+]=[N-])cc1. The Hall–Kier alpha value is -1.61. The van der Waals surface area contributed by atoms with Crippen molar-refractivity contribution in [3.63, 3.8) is 0 Å². The van der Waals surface area contributed by atoms with Crippen LogP contribution in [0.3, 0.4) is 0 Å². The van der Waals surface area contributed by atoms with Crippen molar-refractivity contribution in [2.75, 3.05) is 7.11 Å². The first-order chi connectivity index (χ1) is 14.4. The van der Waals surface area contributed by atoms with E-state index in [-0.39, 0.29) is 11.6 Å². The summed E-state index contributed by atoms with van der Waals surface area (Å²) in [4.78, 5) is 3.00. The monoisotopic (exact) mass is 451 g/mol. The fourth-order valence-corrected chi connectivity index (χ4v) is 5.99. The largest absolute Gasteiger partial charge is 0.497 e. The minimum absolute atomic E-state index is 0.0456. The van der Waals surface area contributed by atoms with Crippen LogP contribution in [-0.4, -0.2) is 51.2 Å². The van der Waals surface area contributed by atoms with Gasteiger partial charge in [-0.05, 0) is 54.2 Å². The maximum atomic E-state index is 10.8. The van der Waals surface area contributed by atoms with E-state index in [1.165, 1.54) is 0 Å². The van der Waals surface area contributed by atoms with Gasteiger partial charge in [0.25, 0.3) is 0 Å². The Balaban J connectivity index is 2.24. The number of aliphatic hydroxyl groups is 1. The summed E-state index contributed by atoms with van der Waals surface area (Å²) in [6.45, 7) is 15.1. The lowest BCUT2D eigenvalue weighted by Gasteiger charge is -2.48. The fraction of sp³-hybridized carbons (Fsp3) is 0.727. The predicted molar refractivity (Wildman–Crippen MR) is 122 cm³/mol. The van der Waals surface area contributed by atoms with Crippen LogP contribution in [-0.2, 0) is 20.5 Å². The zero-order chi connectivity index (χ0) is 23.4. The molecule has 1 aromatic carbocycles. The molecule has 8 nitrogen and oxygen atoms in total. The summed E-state index contributed by atoms with van der Waals surface area (Å²) in [5, 5.41) is 14.6. The van der Waals surface area contributed by atoms with E-state index in [0.717, 1.165) is 11.3 Å². The number of hydrogen-bond donors (Lipinski definition) is 1. The Labute approximate surface area is 186 Å². The number of nitrogens with zero attached hydrogens (tertiary/aromatic N) is 3. The van der Waals surface area contributed by atoms with Gasteiger partial charge in [-0.25, -0.2) is 0 Å². The maximum absolute atomic E-state index is 10.8. The molecule has 0 amide bonds. The minimum atomic E-state index is -2.29. The minimum Gasteiger partial charge on any atom is -0.497 e. The summed E-state index contributed by atoms with van der Waals surface area (Å²) in [6.07, 6.45) is -3.01. The average molecular weight is 452 g/mol. The molecular weight excluding hydrogens is 414 g/mol. The van der Waals surface area contributed by atoms with Crippen molar-refractivity contribution in [2.45, 2.75) is 90.0 Å². The molecule has 0 aliphatic carbocycles. The van der Waals surface area contributed by atoms with Gasteiger partial charge >= 0.3 is 0 Å². The molecule has 0 radical (unpaired) electrons. The van der Waals surface area contributed by atoms with Crippen LogP contribution in [0.5, 0.6) is 5.75 Å². The molecule has 0 saturated carbocycles. The highest BCUT2D eigenvalue weighted by atomic mass is 28.4. The quantitative estimate of drug-likeness (QED) is 0.245. The highest BCUT2D eigenvalue weighted by molar-refractivity contribution is 6.74. The molecule has 9 heteroatoms. The van der Waals surface area contributed by atoms with Crippen molar-refractivity contribution in [1.82, 2.24) is 0 Å². The zero-order valence-corrected chi connectivity index (χ0v) is 20.9. The molecule has 1 heterocycles. The third kappa shape index (κ3) is 5.80. The van der Waals surface area contributed by atoms with Crippen molar-refractivity contribution in [3.05, 3.63) is 40.3 Å². The molecular formula is C22H37N3O5Si. The molecule has 2 rings (SSSR count). The number of rotatable bonds is 9. The van der Waals surface area contributed by atoms with Crippen LogP contribution in [0.1, 0.15) is 40.2 Å². The Morgan fingerprint density at radius 3 is 2.39 bits per heavy atom. The first-order valence-corrected chi connectivity index (χ1v) is 13.7. The maximum Gasteiger partial charge on any atom is 0.196 e. The lowest BCUT2D eigenvalue weighted by Crippen LogP contribution is -2.60. The fourth-order valence-electron chi connectivity index (χ4n) is 3.52. The molecule has 1 saturated heterocycles. The Kier molecular flexibility index (Phi) is 8.55. The van der Waals surface area contributed by atoms with E-state index in [0.29, 0.717) is 5.92 Å². The third-order valence-corrected chi connectivity index (χ3v) is 11.5. The van der Waals surface area contributed by atoms with Crippen molar-refractivity contribution in [3.8, 4) is 5.75 Å². The first kappa shape index (κ1) is 25.6. The molecule has 31 heavy (non-hydrogen) atoms. The molecule has 1 aliphatic rings. The molecule has 0 unspecified atom stereocenters. The van der Waals surface area contributed by atoms with Gasteiger partial charge in [0.1, 0.15) is 17.9 Å². The first-order valence-electron chi connectivity index (χ1n) is 10.7. The molecule has 1 aromatic rings. The van der Waals surface area contributed by atoms with Crippen LogP contribution < -0.4 is 4.74 Å². The summed E-state index contributed by atoms with van der Waals surface area (Å²) in [5.41, 5.74) is 10.1. The summed E-state index contributed by atoms with van der Waals surface area (Å²) < 4.78 is 23.8. The second kappa shape index (κ2) is 10.3. The Bertz CT molecular complexity index is 765. The van der Waals surface area contributed by atoms with Crippen LogP contribution >= 0.6 is 0 Å². The number of ether oxygens (including phenoxy) is 3. The normalized spacial score (nSPS) is 27.1. The molecule has 0 bridgehead atoms. The van der Waals surface area contributed by atoms with Gasteiger partial charge in [0.2, 0.25) is 0 Å². The van der Waals surface area contributed by atoms with Crippen molar-refractivity contribution in [2.24, 2.45) is 11.0 Å². The predicted octanol–water partition coefficient (Wildman–Crippen LogP) is 5.02. The number of benzene rings is 1. The van der Waals surface area contributed by atoms with Gasteiger partial charge in [0.15, 0.2) is 14.6 Å². The average Bonchev–Trinajstić information content (AvgIpc) is 2.71. The second-order valence-corrected chi connectivity index (χ2v) is 14.1. The molecule has 1 N–H and O–H groups in total. The van der Waals surface area contributed by atoms with Gasteiger partial charge in [0, 0.05) is 4.91 Å². The van der Waals surface area contributed by atoms with E-state index < -0.39 is 39.0 Å². The molecule has 5 atom stereocenters. The number of aliphatic hydroxyl groups excluding tert-OH is 1. The van der Waals surface area contributed by atoms with Crippen LogP contribution in [0.4, 0.5) is 0 Å². The smallest absolute Gasteiger partial charge is 0.196 e. The lowest BCUT2D eigenvalue weighted by atomic mass is 9.98. The van der Waals surface area contributed by atoms with Crippen LogP contribution in [0, 0.1) is 5.92 Å². The van der Waals surface area contributed by atoms with E-state index in [4.69, 9.17) is 18.6 Å². The number of methoxy groups -OCH3 is 1. The van der Waals surface area contributed by atoms with Gasteiger partial charge in [-0.1, -0.05) is 44.9 Å². The summed E-state index contributed by atoms with van der Waals surface area (Å²) >= 11 is 0. The van der Waals surface area contributed by atoms with Gasteiger partial charge in [-0.15, -0.1) is 0 Å². The van der Waals surface area contributed by atoms with Crippen LogP contribution in [0.2, 0.25) is 18.1 Å². The van der Waals surface area contributed by atoms with E-state index >= 15 is 0 Å². The van der Waals surface area contributed by atoms with E-state index in [2.05, 4.69) is 50.8 Å². The van der Waals surface area contributed by atoms with E-state index in [9.17, 15) is 10.6 Å². The standard InChI is InChI=1S/C22H37N3O5Si/c1-14(2)22(4,5)31(7,8)30-21-18(24-25-23)20(19(26)15(3)29-21)28-13-16-9-11-17(27-6)12-10-16/h9-12,14-15,18-21,26H,13H2,1-8H3/t15-,18-,19+,20-,21+/m0/s1. The van der Waals surface area contributed by atoms with Crippen LogP contribution in [0.15, 0.2) is 29.4 Å². The van der Waals surface area contributed by atoms with Gasteiger partial charge < -0.3 is 23.7 Å². The Morgan fingerprint density at radius 2 is 1.87 bits per heavy atom. The van der Waals surface area contributed by atoms with Gasteiger partial charge in [0.05, 0.1) is 25.9 Å². The number of azide groups is 1. The molecule has 1 aliphatic heterocycles. The van der Waals surface area contributed by atoms with Gasteiger partial charge in [-0.3, -0.25) is 0 Å². The Morgan fingerprint density at radius 1 is 1.26 bits per heavy atom. The molecule has 174 valence electrons. The van der Waals surface area contributed by atoms with Crippen molar-refractivity contribution in [1.29, 1.82) is 0 Å². The highest BCUT2D eigenvalue weighted by Gasteiger charge is 2.50. The van der Waals surface area contributed by atoms with E-state index in [1.54, 1.807) is 14.0 Å². The second-order valence-electron chi connectivity index (χ2n) is 9.52. The number of hydrogen-bond acceptors (Lipinski definition) is 6. The third-order valence-electron chi connectivity index (χ3n) is 6.97. The molecule has 0 aromatic heterocycles. The summed E-state index contributed by atoms with van der Waals surface area (Å²) in [6, 6.07) is 6.68. The summed E-state index contributed by atoms with van der Waals surface area (Å²) in [5.74, 6) is 1.16. The lowest BCUT2D eigenvalue weighted by molar-refractivity contribution is -0.242. The van der Waals surface area contributed by atoms with E-state index in [1.807, 2.05) is 24.3 Å². The van der Waals surface area contributed by atoms with Crippen molar-refractivity contribution < 1.29 is 23.7 Å².